The van der Waals surface area contributed by atoms with Crippen molar-refractivity contribution in [2.24, 2.45) is 17.8 Å². The lowest BCUT2D eigenvalue weighted by molar-refractivity contribution is -0.152. The molecule has 0 bridgehead atoms. The van der Waals surface area contributed by atoms with Gasteiger partial charge in [0.2, 0.25) is 5.91 Å². The van der Waals surface area contributed by atoms with Gasteiger partial charge in [0.05, 0.1) is 6.10 Å². The summed E-state index contributed by atoms with van der Waals surface area (Å²) >= 11 is 0. The molecular formula is C18H34N2O3. The number of ether oxygens (including phenoxy) is 1. The second-order valence-corrected chi connectivity index (χ2v) is 7.50. The molecule has 1 saturated heterocycles. The summed E-state index contributed by atoms with van der Waals surface area (Å²) in [4.78, 5) is 24.5. The van der Waals surface area contributed by atoms with E-state index >= 15 is 0 Å². The van der Waals surface area contributed by atoms with Crippen molar-refractivity contribution in [2.75, 3.05) is 13.1 Å². The van der Waals surface area contributed by atoms with Gasteiger partial charge in [-0.25, -0.2) is 4.79 Å². The number of amides is 1. The van der Waals surface area contributed by atoms with Crippen LogP contribution in [0.2, 0.25) is 0 Å². The van der Waals surface area contributed by atoms with Crippen molar-refractivity contribution in [3.8, 4) is 0 Å². The van der Waals surface area contributed by atoms with E-state index in [0.717, 1.165) is 25.9 Å². The molecule has 0 spiro atoms. The number of carbonyl (C=O) groups excluding carboxylic acids is 2. The van der Waals surface area contributed by atoms with Gasteiger partial charge < -0.3 is 15.4 Å². The summed E-state index contributed by atoms with van der Waals surface area (Å²) in [6, 6.07) is -0.537. The zero-order chi connectivity index (χ0) is 17.4. The molecule has 1 rings (SSSR count). The standard InChI is InChI=1S/C18H34N2O3/c1-12(2)10-16(18(22)23-13(3)4)20-17(21)11-14(5)15-6-8-19-9-7-15/h12-16,19H,6-11H2,1-5H3,(H,20,21)/t14?,16-/m0/s1. The summed E-state index contributed by atoms with van der Waals surface area (Å²) in [5.41, 5.74) is 0. The van der Waals surface area contributed by atoms with Gasteiger partial charge in [0.15, 0.2) is 0 Å². The number of rotatable bonds is 8. The Morgan fingerprint density at radius 1 is 1.13 bits per heavy atom. The second-order valence-electron chi connectivity index (χ2n) is 7.50. The molecule has 23 heavy (non-hydrogen) atoms. The predicted molar refractivity (Wildman–Crippen MR) is 92.0 cm³/mol. The third-order valence-corrected chi connectivity index (χ3v) is 4.37. The minimum absolute atomic E-state index is 0.0395. The van der Waals surface area contributed by atoms with Crippen LogP contribution in [-0.2, 0) is 14.3 Å². The first-order valence-electron chi connectivity index (χ1n) is 9.00. The quantitative estimate of drug-likeness (QED) is 0.673. The monoisotopic (exact) mass is 326 g/mol. The van der Waals surface area contributed by atoms with E-state index in [1.807, 2.05) is 27.7 Å². The van der Waals surface area contributed by atoms with Crippen molar-refractivity contribution in [2.45, 2.75) is 72.4 Å². The Bertz CT molecular complexity index is 376. The average Bonchev–Trinajstić information content (AvgIpc) is 2.46. The lowest BCUT2D eigenvalue weighted by atomic mass is 9.84. The first-order valence-corrected chi connectivity index (χ1v) is 9.00. The summed E-state index contributed by atoms with van der Waals surface area (Å²) in [6.07, 6.45) is 3.17. The van der Waals surface area contributed by atoms with Crippen LogP contribution in [-0.4, -0.2) is 37.1 Å². The number of esters is 1. The van der Waals surface area contributed by atoms with Crippen LogP contribution in [0.3, 0.4) is 0 Å². The highest BCUT2D eigenvalue weighted by atomic mass is 16.5. The number of carbonyl (C=O) groups is 2. The van der Waals surface area contributed by atoms with Crippen molar-refractivity contribution in [1.82, 2.24) is 10.6 Å². The fraction of sp³-hybridized carbons (Fsp3) is 0.889. The molecule has 0 aromatic carbocycles. The van der Waals surface area contributed by atoms with Gasteiger partial charge in [-0.3, -0.25) is 4.79 Å². The van der Waals surface area contributed by atoms with Crippen LogP contribution < -0.4 is 10.6 Å². The fourth-order valence-electron chi connectivity index (χ4n) is 3.13. The summed E-state index contributed by atoms with van der Waals surface area (Å²) < 4.78 is 5.27. The first-order chi connectivity index (χ1) is 10.8. The first kappa shape index (κ1) is 19.9. The van der Waals surface area contributed by atoms with E-state index in [1.54, 1.807) is 0 Å². The van der Waals surface area contributed by atoms with Crippen LogP contribution in [0.15, 0.2) is 0 Å². The van der Waals surface area contributed by atoms with Gasteiger partial charge in [-0.2, -0.15) is 0 Å². The SMILES string of the molecule is CC(C)C[C@H](NC(=O)CC(C)C1CCNCC1)C(=O)OC(C)C. The molecule has 0 aliphatic carbocycles. The third kappa shape index (κ3) is 7.82. The van der Waals surface area contributed by atoms with Gasteiger partial charge in [0.25, 0.3) is 0 Å². The summed E-state index contributed by atoms with van der Waals surface area (Å²) in [6.45, 7) is 11.9. The van der Waals surface area contributed by atoms with Crippen molar-refractivity contribution in [3.63, 3.8) is 0 Å². The molecule has 1 aliphatic heterocycles. The molecule has 0 saturated carbocycles. The topological polar surface area (TPSA) is 67.4 Å². The summed E-state index contributed by atoms with van der Waals surface area (Å²) in [5.74, 6) is 0.895. The van der Waals surface area contributed by atoms with Gasteiger partial charge in [-0.1, -0.05) is 20.8 Å². The Kier molecular flexibility index (Phi) is 8.59. The van der Waals surface area contributed by atoms with Crippen molar-refractivity contribution < 1.29 is 14.3 Å². The maximum absolute atomic E-state index is 12.3. The molecule has 1 aliphatic rings. The van der Waals surface area contributed by atoms with E-state index in [4.69, 9.17) is 4.74 Å². The Labute approximate surface area is 140 Å². The highest BCUT2D eigenvalue weighted by Crippen LogP contribution is 2.24. The largest absolute Gasteiger partial charge is 0.461 e. The van der Waals surface area contributed by atoms with Gasteiger partial charge in [0.1, 0.15) is 6.04 Å². The molecule has 0 radical (unpaired) electrons. The Morgan fingerprint density at radius 3 is 2.26 bits per heavy atom. The number of hydrogen-bond donors (Lipinski definition) is 2. The van der Waals surface area contributed by atoms with Gasteiger partial charge in [0, 0.05) is 6.42 Å². The second kappa shape index (κ2) is 9.91. The zero-order valence-corrected chi connectivity index (χ0v) is 15.4. The minimum atomic E-state index is -0.537. The highest BCUT2D eigenvalue weighted by molar-refractivity contribution is 5.84. The van der Waals surface area contributed by atoms with E-state index in [9.17, 15) is 9.59 Å². The number of nitrogens with one attached hydrogen (secondary N) is 2. The van der Waals surface area contributed by atoms with Crippen LogP contribution in [0.4, 0.5) is 0 Å². The molecule has 2 N–H and O–H groups in total. The van der Waals surface area contributed by atoms with E-state index in [0.29, 0.717) is 30.6 Å². The summed E-state index contributed by atoms with van der Waals surface area (Å²) in [7, 11) is 0. The molecule has 1 fully saturated rings. The van der Waals surface area contributed by atoms with E-state index in [2.05, 4.69) is 17.6 Å². The molecular weight excluding hydrogens is 292 g/mol. The van der Waals surface area contributed by atoms with Gasteiger partial charge in [-0.15, -0.1) is 0 Å². The van der Waals surface area contributed by atoms with E-state index in [1.165, 1.54) is 0 Å². The lowest BCUT2D eigenvalue weighted by Gasteiger charge is -2.28. The third-order valence-electron chi connectivity index (χ3n) is 4.37. The minimum Gasteiger partial charge on any atom is -0.461 e. The predicted octanol–water partition coefficient (Wildman–Crippen LogP) is 2.49. The van der Waals surface area contributed by atoms with Crippen LogP contribution in [0.5, 0.6) is 0 Å². The molecule has 0 aromatic rings. The maximum atomic E-state index is 12.3. The number of hydrogen-bond acceptors (Lipinski definition) is 4. The van der Waals surface area contributed by atoms with Crippen molar-refractivity contribution >= 4 is 11.9 Å². The van der Waals surface area contributed by atoms with Crippen molar-refractivity contribution in [1.29, 1.82) is 0 Å². The van der Waals surface area contributed by atoms with E-state index in [-0.39, 0.29) is 18.0 Å². The maximum Gasteiger partial charge on any atom is 0.328 e. The molecule has 5 heteroatoms. The van der Waals surface area contributed by atoms with Crippen LogP contribution >= 0.6 is 0 Å². The zero-order valence-electron chi connectivity index (χ0n) is 15.4. The normalized spacial score (nSPS) is 18.7. The Balaban J connectivity index is 2.52. The van der Waals surface area contributed by atoms with Crippen LogP contribution in [0.1, 0.15) is 60.3 Å². The van der Waals surface area contributed by atoms with E-state index < -0.39 is 6.04 Å². The molecule has 2 atom stereocenters. The summed E-state index contributed by atoms with van der Waals surface area (Å²) in [5, 5.41) is 6.24. The molecule has 134 valence electrons. The van der Waals surface area contributed by atoms with Crippen LogP contribution in [0.25, 0.3) is 0 Å². The molecule has 1 unspecified atom stereocenters. The lowest BCUT2D eigenvalue weighted by Crippen LogP contribution is -2.44. The molecule has 1 amide bonds. The molecule has 1 heterocycles. The van der Waals surface area contributed by atoms with Gasteiger partial charge >= 0.3 is 5.97 Å². The van der Waals surface area contributed by atoms with Gasteiger partial charge in [-0.05, 0) is 64.0 Å². The van der Waals surface area contributed by atoms with Crippen molar-refractivity contribution in [3.05, 3.63) is 0 Å². The van der Waals surface area contributed by atoms with Crippen LogP contribution in [0, 0.1) is 17.8 Å². The Hall–Kier alpha value is -1.10. The number of piperidine rings is 1. The average molecular weight is 326 g/mol. The highest BCUT2D eigenvalue weighted by Gasteiger charge is 2.27. The smallest absolute Gasteiger partial charge is 0.328 e. The molecule has 5 nitrogen and oxygen atoms in total. The fourth-order valence-corrected chi connectivity index (χ4v) is 3.13. The Morgan fingerprint density at radius 2 is 1.74 bits per heavy atom. The molecule has 0 aromatic heterocycles.